The molecule has 8 nitrogen and oxygen atoms in total. The summed E-state index contributed by atoms with van der Waals surface area (Å²) in [6, 6.07) is 6.52. The van der Waals surface area contributed by atoms with Crippen molar-refractivity contribution in [3.8, 4) is 5.75 Å². The molecule has 1 aromatic rings. The molecule has 3 rings (SSSR count). The van der Waals surface area contributed by atoms with Crippen molar-refractivity contribution >= 4 is 17.9 Å². The minimum Gasteiger partial charge on any atom is -0.497 e. The monoisotopic (exact) mass is 322 g/mol. The van der Waals surface area contributed by atoms with Gasteiger partial charge in [0.1, 0.15) is 5.75 Å². The highest BCUT2D eigenvalue weighted by Gasteiger charge is 2.69. The van der Waals surface area contributed by atoms with Crippen molar-refractivity contribution in [2.24, 2.45) is 0 Å². The second-order valence-corrected chi connectivity index (χ2v) is 5.41. The van der Waals surface area contributed by atoms with Crippen LogP contribution in [0.1, 0.15) is 17.9 Å². The lowest BCUT2D eigenvalue weighted by Gasteiger charge is -2.28. The Bertz CT molecular complexity index is 667. The number of carboxylic acids is 1. The lowest BCUT2D eigenvalue weighted by molar-refractivity contribution is -0.169. The largest absolute Gasteiger partial charge is 0.497 e. The molecule has 4 atom stereocenters. The Balaban J connectivity index is 2.03. The zero-order valence-corrected chi connectivity index (χ0v) is 12.1. The maximum Gasteiger partial charge on any atom is 0.355 e. The molecule has 0 aromatic heterocycles. The van der Waals surface area contributed by atoms with Crippen molar-refractivity contribution in [1.29, 1.82) is 0 Å². The van der Waals surface area contributed by atoms with E-state index in [-0.39, 0.29) is 6.42 Å². The van der Waals surface area contributed by atoms with E-state index in [9.17, 15) is 19.5 Å². The minimum absolute atomic E-state index is 0.162. The molecule has 2 N–H and O–H groups in total. The fourth-order valence-electron chi connectivity index (χ4n) is 3.07. The Labute approximate surface area is 130 Å². The van der Waals surface area contributed by atoms with Gasteiger partial charge in [-0.2, -0.15) is 0 Å². The zero-order chi connectivity index (χ0) is 16.8. The van der Waals surface area contributed by atoms with Crippen molar-refractivity contribution in [2.45, 2.75) is 30.1 Å². The Morgan fingerprint density at radius 2 is 1.96 bits per heavy atom. The highest BCUT2D eigenvalue weighted by atomic mass is 16.6. The van der Waals surface area contributed by atoms with Gasteiger partial charge in [0.25, 0.3) is 0 Å². The van der Waals surface area contributed by atoms with Gasteiger partial charge in [-0.1, -0.05) is 12.1 Å². The summed E-state index contributed by atoms with van der Waals surface area (Å²) in [5.74, 6) is -3.52. The molecule has 2 saturated heterocycles. The van der Waals surface area contributed by atoms with Crippen LogP contribution in [0.15, 0.2) is 24.3 Å². The van der Waals surface area contributed by atoms with Crippen molar-refractivity contribution in [2.75, 3.05) is 7.11 Å². The molecule has 0 saturated carbocycles. The highest BCUT2D eigenvalue weighted by molar-refractivity contribution is 5.95. The number of rotatable bonds is 3. The van der Waals surface area contributed by atoms with E-state index < -0.39 is 41.6 Å². The highest BCUT2D eigenvalue weighted by Crippen LogP contribution is 2.48. The molecule has 1 spiro atoms. The van der Waals surface area contributed by atoms with Crippen molar-refractivity contribution < 1.29 is 38.8 Å². The molecule has 0 unspecified atom stereocenters. The SMILES string of the molecule is COc1ccc([C@H]2CC(=O)O[C@@]23C(=O)O[C@H](C(=O)O)[C@H]3O)cc1. The number of methoxy groups -OCH3 is 1. The Hall–Kier alpha value is -2.61. The summed E-state index contributed by atoms with van der Waals surface area (Å²) in [5, 5.41) is 19.3. The van der Waals surface area contributed by atoms with Gasteiger partial charge in [-0.3, -0.25) is 4.79 Å². The molecule has 0 aliphatic carbocycles. The first-order valence-corrected chi connectivity index (χ1v) is 6.88. The smallest absolute Gasteiger partial charge is 0.355 e. The molecule has 1 aromatic carbocycles. The van der Waals surface area contributed by atoms with Crippen LogP contribution in [0.5, 0.6) is 5.75 Å². The number of hydrogen-bond acceptors (Lipinski definition) is 7. The summed E-state index contributed by atoms with van der Waals surface area (Å²) in [6.07, 6.45) is -3.72. The quantitative estimate of drug-likeness (QED) is 0.737. The molecule has 122 valence electrons. The van der Waals surface area contributed by atoms with E-state index in [0.717, 1.165) is 0 Å². The normalized spacial score (nSPS) is 32.7. The molecular formula is C15H14O8. The summed E-state index contributed by atoms with van der Waals surface area (Å²) in [7, 11) is 1.49. The average Bonchev–Trinajstić information content (AvgIpc) is 3.01. The van der Waals surface area contributed by atoms with E-state index in [4.69, 9.17) is 19.3 Å². The molecule has 23 heavy (non-hydrogen) atoms. The molecule has 2 aliphatic heterocycles. The van der Waals surface area contributed by atoms with Crippen LogP contribution in [-0.4, -0.2) is 53.0 Å². The molecule has 8 heteroatoms. The topological polar surface area (TPSA) is 119 Å². The van der Waals surface area contributed by atoms with Crippen LogP contribution in [-0.2, 0) is 23.9 Å². The van der Waals surface area contributed by atoms with Crippen molar-refractivity contribution in [1.82, 2.24) is 0 Å². The molecule has 0 amide bonds. The second kappa shape index (κ2) is 5.24. The van der Waals surface area contributed by atoms with Crippen LogP contribution in [0.3, 0.4) is 0 Å². The summed E-state index contributed by atoms with van der Waals surface area (Å²) >= 11 is 0. The number of aliphatic carboxylic acids is 1. The number of aliphatic hydroxyl groups is 1. The maximum absolute atomic E-state index is 12.2. The van der Waals surface area contributed by atoms with Crippen LogP contribution in [0.2, 0.25) is 0 Å². The number of esters is 2. The van der Waals surface area contributed by atoms with Crippen LogP contribution in [0, 0.1) is 0 Å². The van der Waals surface area contributed by atoms with Gasteiger partial charge in [-0.05, 0) is 17.7 Å². The number of ether oxygens (including phenoxy) is 3. The number of carbonyl (C=O) groups is 3. The van der Waals surface area contributed by atoms with E-state index in [1.807, 2.05) is 0 Å². The zero-order valence-electron chi connectivity index (χ0n) is 12.1. The first-order valence-electron chi connectivity index (χ1n) is 6.88. The molecule has 0 bridgehead atoms. The van der Waals surface area contributed by atoms with Gasteiger partial charge in [-0.15, -0.1) is 0 Å². The fourth-order valence-corrected chi connectivity index (χ4v) is 3.07. The fraction of sp³-hybridized carbons (Fsp3) is 0.400. The van der Waals surface area contributed by atoms with Gasteiger partial charge in [-0.25, -0.2) is 9.59 Å². The second-order valence-electron chi connectivity index (χ2n) is 5.41. The Morgan fingerprint density at radius 3 is 2.48 bits per heavy atom. The van der Waals surface area contributed by atoms with E-state index >= 15 is 0 Å². The predicted octanol–water partition coefficient (Wildman–Crippen LogP) is -0.165. The predicted molar refractivity (Wildman–Crippen MR) is 72.7 cm³/mol. The number of hydrogen-bond donors (Lipinski definition) is 2. The first-order chi connectivity index (χ1) is 10.9. The molecule has 0 radical (unpaired) electrons. The molecular weight excluding hydrogens is 308 g/mol. The van der Waals surface area contributed by atoms with Gasteiger partial charge in [0.2, 0.25) is 11.7 Å². The maximum atomic E-state index is 12.2. The van der Waals surface area contributed by atoms with E-state index in [0.29, 0.717) is 11.3 Å². The number of carbonyl (C=O) groups excluding carboxylic acids is 2. The van der Waals surface area contributed by atoms with Gasteiger partial charge in [0.05, 0.1) is 13.5 Å². The summed E-state index contributed by atoms with van der Waals surface area (Å²) in [6.45, 7) is 0. The Morgan fingerprint density at radius 1 is 1.30 bits per heavy atom. The minimum atomic E-state index is -2.03. The Kier molecular flexibility index (Phi) is 3.48. The summed E-state index contributed by atoms with van der Waals surface area (Å²) in [5.41, 5.74) is -1.49. The van der Waals surface area contributed by atoms with Crippen LogP contribution in [0.25, 0.3) is 0 Å². The number of cyclic esters (lactones) is 1. The third kappa shape index (κ3) is 2.14. The van der Waals surface area contributed by atoms with Crippen LogP contribution >= 0.6 is 0 Å². The number of aliphatic hydroxyl groups excluding tert-OH is 1. The van der Waals surface area contributed by atoms with Crippen LogP contribution in [0.4, 0.5) is 0 Å². The lowest BCUT2D eigenvalue weighted by Crippen LogP contribution is -2.51. The van der Waals surface area contributed by atoms with Gasteiger partial charge in [0, 0.05) is 5.92 Å². The third-order valence-corrected chi connectivity index (χ3v) is 4.21. The molecule has 2 fully saturated rings. The van der Waals surface area contributed by atoms with Gasteiger partial charge >= 0.3 is 17.9 Å². The van der Waals surface area contributed by atoms with Gasteiger partial charge in [0.15, 0.2) is 6.10 Å². The van der Waals surface area contributed by atoms with E-state index in [2.05, 4.69) is 0 Å². The average molecular weight is 322 g/mol. The summed E-state index contributed by atoms with van der Waals surface area (Å²) < 4.78 is 14.9. The standard InChI is InChI=1S/C15H14O8/c1-21-8-4-2-7(3-5-8)9-6-10(16)23-15(9)12(17)11(13(18)19)22-14(15)20/h2-5,9,11-12,17H,6H2,1H3,(H,18,19)/t9-,11+,12-,15+/m1/s1. The third-order valence-electron chi connectivity index (χ3n) is 4.21. The number of benzene rings is 1. The molecule has 2 aliphatic rings. The van der Waals surface area contributed by atoms with Gasteiger partial charge < -0.3 is 24.4 Å². The van der Waals surface area contributed by atoms with Crippen molar-refractivity contribution in [3.63, 3.8) is 0 Å². The lowest BCUT2D eigenvalue weighted by atomic mass is 9.78. The van der Waals surface area contributed by atoms with E-state index in [1.54, 1.807) is 24.3 Å². The van der Waals surface area contributed by atoms with Crippen LogP contribution < -0.4 is 4.74 Å². The molecule has 2 heterocycles. The first kappa shape index (κ1) is 15.3. The van der Waals surface area contributed by atoms with E-state index in [1.165, 1.54) is 7.11 Å². The summed E-state index contributed by atoms with van der Waals surface area (Å²) in [4.78, 5) is 35.1. The van der Waals surface area contributed by atoms with Crippen molar-refractivity contribution in [3.05, 3.63) is 29.8 Å². The number of carboxylic acid groups (broad SMARTS) is 1.